The fourth-order valence-electron chi connectivity index (χ4n) is 2.48. The zero-order chi connectivity index (χ0) is 17.6. The molecule has 6 heteroatoms. The van der Waals surface area contributed by atoms with Crippen LogP contribution in [0.1, 0.15) is 33.6 Å². The molecule has 1 fully saturated rings. The number of rotatable bonds is 5. The molecule has 1 aromatic rings. The number of carbonyl (C=O) groups excluding carboxylic acids is 1. The van der Waals surface area contributed by atoms with Crippen LogP contribution < -0.4 is 4.74 Å². The van der Waals surface area contributed by atoms with Gasteiger partial charge in [-0.3, -0.25) is 0 Å². The minimum atomic E-state index is -0.465. The second-order valence-electron chi connectivity index (χ2n) is 6.88. The summed E-state index contributed by atoms with van der Waals surface area (Å²) in [5.74, 6) is 0.807. The molecule has 0 atom stereocenters. The quantitative estimate of drug-likeness (QED) is 0.836. The molecule has 1 aliphatic heterocycles. The lowest BCUT2D eigenvalue weighted by Gasteiger charge is -2.33. The van der Waals surface area contributed by atoms with Crippen molar-refractivity contribution in [3.05, 3.63) is 24.3 Å². The first-order valence-electron chi connectivity index (χ1n) is 8.35. The van der Waals surface area contributed by atoms with Gasteiger partial charge in [0.05, 0.1) is 12.7 Å². The molecule has 1 heterocycles. The lowest BCUT2D eigenvalue weighted by atomic mass is 10.1. The molecule has 0 radical (unpaired) electrons. The second-order valence-corrected chi connectivity index (χ2v) is 6.88. The summed E-state index contributed by atoms with van der Waals surface area (Å²) < 4.78 is 16.7. The predicted molar refractivity (Wildman–Crippen MR) is 90.4 cm³/mol. The molecule has 24 heavy (non-hydrogen) atoms. The molecule has 134 valence electrons. The third kappa shape index (κ3) is 6.28. The zero-order valence-electron chi connectivity index (χ0n) is 14.7. The van der Waals surface area contributed by atoms with Crippen molar-refractivity contribution in [3.8, 4) is 11.5 Å². The van der Waals surface area contributed by atoms with Gasteiger partial charge in [-0.2, -0.15) is 0 Å². The molecular formula is C18H27NO5. The van der Waals surface area contributed by atoms with E-state index in [1.54, 1.807) is 29.2 Å². The van der Waals surface area contributed by atoms with Crippen LogP contribution in [-0.4, -0.2) is 54.1 Å². The number of piperidine rings is 1. The van der Waals surface area contributed by atoms with Crippen molar-refractivity contribution >= 4 is 6.09 Å². The number of nitrogens with zero attached hydrogens (tertiary/aromatic N) is 1. The summed E-state index contributed by atoms with van der Waals surface area (Å²) in [5.41, 5.74) is -0.465. The lowest BCUT2D eigenvalue weighted by molar-refractivity contribution is -0.0177. The molecule has 0 bridgehead atoms. The normalized spacial score (nSPS) is 16.0. The van der Waals surface area contributed by atoms with Gasteiger partial charge >= 0.3 is 6.09 Å². The van der Waals surface area contributed by atoms with Crippen LogP contribution in [0, 0.1) is 0 Å². The highest BCUT2D eigenvalue weighted by molar-refractivity contribution is 5.68. The zero-order valence-corrected chi connectivity index (χ0v) is 14.7. The van der Waals surface area contributed by atoms with Crippen LogP contribution in [0.2, 0.25) is 0 Å². The third-order valence-electron chi connectivity index (χ3n) is 3.62. The Kier molecular flexibility index (Phi) is 6.31. The molecule has 6 nitrogen and oxygen atoms in total. The number of likely N-dealkylation sites (tertiary alicyclic amines) is 1. The number of carbonyl (C=O) groups is 1. The minimum absolute atomic E-state index is 0.136. The first kappa shape index (κ1) is 18.4. The standard InChI is InChI=1S/C18H27NO5/c1-18(2,3)24-17(21)19-9-7-15(8-10-19)22-11-12-23-16-6-4-5-14(20)13-16/h4-6,13,15,20H,7-12H2,1-3H3. The van der Waals surface area contributed by atoms with E-state index in [1.807, 2.05) is 20.8 Å². The van der Waals surface area contributed by atoms with Gasteiger partial charge in [-0.1, -0.05) is 6.07 Å². The molecule has 1 saturated heterocycles. The smallest absolute Gasteiger partial charge is 0.410 e. The largest absolute Gasteiger partial charge is 0.508 e. The molecule has 1 N–H and O–H groups in total. The monoisotopic (exact) mass is 337 g/mol. The van der Waals surface area contributed by atoms with E-state index in [9.17, 15) is 9.90 Å². The fraction of sp³-hybridized carbons (Fsp3) is 0.611. The highest BCUT2D eigenvalue weighted by Crippen LogP contribution is 2.19. The van der Waals surface area contributed by atoms with Crippen LogP contribution in [-0.2, 0) is 9.47 Å². The maximum atomic E-state index is 12.0. The summed E-state index contributed by atoms with van der Waals surface area (Å²) in [4.78, 5) is 13.7. The van der Waals surface area contributed by atoms with Crippen molar-refractivity contribution in [2.75, 3.05) is 26.3 Å². The maximum absolute atomic E-state index is 12.0. The molecule has 1 amide bonds. The van der Waals surface area contributed by atoms with Crippen molar-refractivity contribution in [2.24, 2.45) is 0 Å². The predicted octanol–water partition coefficient (Wildman–Crippen LogP) is 3.19. The molecule has 1 aliphatic rings. The summed E-state index contributed by atoms with van der Waals surface area (Å²) in [5, 5.41) is 9.36. The van der Waals surface area contributed by atoms with Gasteiger partial charge < -0.3 is 24.2 Å². The van der Waals surface area contributed by atoms with Crippen LogP contribution in [0.15, 0.2) is 24.3 Å². The SMILES string of the molecule is CC(C)(C)OC(=O)N1CCC(OCCOc2cccc(O)c2)CC1. The highest BCUT2D eigenvalue weighted by atomic mass is 16.6. The van der Waals surface area contributed by atoms with Gasteiger partial charge in [0.1, 0.15) is 23.7 Å². The Morgan fingerprint density at radius 1 is 1.25 bits per heavy atom. The average Bonchev–Trinajstić information content (AvgIpc) is 2.50. The summed E-state index contributed by atoms with van der Waals surface area (Å²) in [7, 11) is 0. The van der Waals surface area contributed by atoms with Gasteiger partial charge in [-0.15, -0.1) is 0 Å². The van der Waals surface area contributed by atoms with E-state index in [0.717, 1.165) is 12.8 Å². The number of ether oxygens (including phenoxy) is 3. The van der Waals surface area contributed by atoms with Gasteiger partial charge in [-0.05, 0) is 45.7 Å². The topological polar surface area (TPSA) is 68.2 Å². The van der Waals surface area contributed by atoms with Gasteiger partial charge in [0.25, 0.3) is 0 Å². The number of hydrogen-bond donors (Lipinski definition) is 1. The van der Waals surface area contributed by atoms with E-state index < -0.39 is 5.60 Å². The van der Waals surface area contributed by atoms with Crippen molar-refractivity contribution in [3.63, 3.8) is 0 Å². The Balaban J connectivity index is 1.62. The maximum Gasteiger partial charge on any atom is 0.410 e. The third-order valence-corrected chi connectivity index (χ3v) is 3.62. The van der Waals surface area contributed by atoms with Crippen molar-refractivity contribution in [1.82, 2.24) is 4.90 Å². The van der Waals surface area contributed by atoms with E-state index in [2.05, 4.69) is 0 Å². The number of benzene rings is 1. The van der Waals surface area contributed by atoms with Crippen molar-refractivity contribution < 1.29 is 24.1 Å². The Bertz CT molecular complexity index is 532. The van der Waals surface area contributed by atoms with E-state index in [0.29, 0.717) is 32.1 Å². The first-order chi connectivity index (χ1) is 11.3. The molecule has 0 unspecified atom stereocenters. The molecule has 0 spiro atoms. The molecule has 1 aromatic carbocycles. The van der Waals surface area contributed by atoms with Gasteiger partial charge in [0.2, 0.25) is 0 Å². The molecule has 2 rings (SSSR count). The number of aromatic hydroxyl groups is 1. The Hall–Kier alpha value is -1.95. The summed E-state index contributed by atoms with van der Waals surface area (Å²) in [6.45, 7) is 7.80. The molecule has 0 aliphatic carbocycles. The van der Waals surface area contributed by atoms with Crippen LogP contribution >= 0.6 is 0 Å². The molecule has 0 aromatic heterocycles. The Morgan fingerprint density at radius 3 is 2.58 bits per heavy atom. The van der Waals surface area contributed by atoms with Crippen LogP contribution in [0.5, 0.6) is 11.5 Å². The van der Waals surface area contributed by atoms with Gasteiger partial charge in [-0.25, -0.2) is 4.79 Å². The minimum Gasteiger partial charge on any atom is -0.508 e. The first-order valence-corrected chi connectivity index (χ1v) is 8.35. The summed E-state index contributed by atoms with van der Waals surface area (Å²) in [6, 6.07) is 6.69. The summed E-state index contributed by atoms with van der Waals surface area (Å²) >= 11 is 0. The van der Waals surface area contributed by atoms with E-state index in [4.69, 9.17) is 14.2 Å². The van der Waals surface area contributed by atoms with Crippen LogP contribution in [0.25, 0.3) is 0 Å². The fourth-order valence-corrected chi connectivity index (χ4v) is 2.48. The average molecular weight is 337 g/mol. The highest BCUT2D eigenvalue weighted by Gasteiger charge is 2.27. The van der Waals surface area contributed by atoms with E-state index in [-0.39, 0.29) is 17.9 Å². The Morgan fingerprint density at radius 2 is 1.96 bits per heavy atom. The van der Waals surface area contributed by atoms with Crippen molar-refractivity contribution in [1.29, 1.82) is 0 Å². The van der Waals surface area contributed by atoms with E-state index >= 15 is 0 Å². The molecular weight excluding hydrogens is 310 g/mol. The Labute approximate surface area is 143 Å². The van der Waals surface area contributed by atoms with Gasteiger partial charge in [0.15, 0.2) is 0 Å². The van der Waals surface area contributed by atoms with Gasteiger partial charge in [0, 0.05) is 19.2 Å². The van der Waals surface area contributed by atoms with E-state index in [1.165, 1.54) is 0 Å². The number of amides is 1. The summed E-state index contributed by atoms with van der Waals surface area (Å²) in [6.07, 6.45) is 1.47. The van der Waals surface area contributed by atoms with Crippen molar-refractivity contribution in [2.45, 2.75) is 45.3 Å². The van der Waals surface area contributed by atoms with Crippen LogP contribution in [0.4, 0.5) is 4.79 Å². The second kappa shape index (κ2) is 8.24. The number of phenolic OH excluding ortho intramolecular Hbond substituents is 1. The number of phenols is 1. The lowest BCUT2D eigenvalue weighted by Crippen LogP contribution is -2.43. The molecule has 0 saturated carbocycles. The number of hydrogen-bond acceptors (Lipinski definition) is 5. The van der Waals surface area contributed by atoms with Crippen LogP contribution in [0.3, 0.4) is 0 Å².